The summed E-state index contributed by atoms with van der Waals surface area (Å²) in [6, 6.07) is 23.5. The number of para-hydroxylation sites is 1. The number of rotatable bonds is 8. The van der Waals surface area contributed by atoms with Gasteiger partial charge in [0.2, 0.25) is 5.91 Å². The van der Waals surface area contributed by atoms with Crippen LogP contribution in [-0.4, -0.2) is 39.6 Å². The molecule has 36 heavy (non-hydrogen) atoms. The summed E-state index contributed by atoms with van der Waals surface area (Å²) < 4.78 is 1.78. The van der Waals surface area contributed by atoms with Crippen molar-refractivity contribution in [3.8, 4) is 5.69 Å². The summed E-state index contributed by atoms with van der Waals surface area (Å²) in [5, 5.41) is 9.72. The van der Waals surface area contributed by atoms with Gasteiger partial charge in [-0.05, 0) is 42.0 Å². The normalized spacial score (nSPS) is 11.3. The molecule has 186 valence electrons. The van der Waals surface area contributed by atoms with Gasteiger partial charge < -0.3 is 10.2 Å². The van der Waals surface area contributed by atoms with Crippen molar-refractivity contribution in [3.05, 3.63) is 99.9 Å². The number of aryl methyl sites for hydroxylation is 1. The molecule has 0 bridgehead atoms. The Hall–Kier alpha value is -3.71. The van der Waals surface area contributed by atoms with Crippen molar-refractivity contribution >= 4 is 29.0 Å². The zero-order valence-corrected chi connectivity index (χ0v) is 22.0. The zero-order valence-electron chi connectivity index (χ0n) is 21.2. The quantitative estimate of drug-likeness (QED) is 0.329. The van der Waals surface area contributed by atoms with Crippen molar-refractivity contribution in [2.75, 3.05) is 18.4 Å². The Morgan fingerprint density at radius 3 is 2.39 bits per heavy atom. The minimum absolute atomic E-state index is 0.0482. The second-order valence-electron chi connectivity index (χ2n) is 9.85. The molecule has 0 radical (unpaired) electrons. The molecule has 0 saturated carbocycles. The first-order valence-corrected chi connectivity index (χ1v) is 12.9. The summed E-state index contributed by atoms with van der Waals surface area (Å²) in [6.07, 6.45) is 0.667. The monoisotopic (exact) mass is 500 g/mol. The van der Waals surface area contributed by atoms with Gasteiger partial charge in [0.05, 0.1) is 16.3 Å². The van der Waals surface area contributed by atoms with E-state index in [0.29, 0.717) is 23.7 Å². The molecule has 0 spiro atoms. The van der Waals surface area contributed by atoms with Gasteiger partial charge in [-0.1, -0.05) is 75.4 Å². The molecule has 2 aromatic heterocycles. The number of thiophene rings is 1. The number of nitrogens with zero attached hydrogens (tertiary/aromatic N) is 3. The summed E-state index contributed by atoms with van der Waals surface area (Å²) in [5.41, 5.74) is 3.75. The Morgan fingerprint density at radius 1 is 1.00 bits per heavy atom. The number of amides is 2. The van der Waals surface area contributed by atoms with Gasteiger partial charge in [0.1, 0.15) is 12.4 Å². The number of carbonyl (C=O) groups excluding carboxylic acids is 2. The molecule has 0 aliphatic carbocycles. The third-order valence-electron chi connectivity index (χ3n) is 5.96. The van der Waals surface area contributed by atoms with Crippen LogP contribution in [0.5, 0.6) is 0 Å². The lowest BCUT2D eigenvalue weighted by atomic mass is 9.92. The van der Waals surface area contributed by atoms with E-state index in [2.05, 4.69) is 26.1 Å². The maximum Gasteiger partial charge on any atom is 0.264 e. The van der Waals surface area contributed by atoms with Gasteiger partial charge >= 0.3 is 0 Å². The second kappa shape index (κ2) is 10.9. The number of hydrogen-bond acceptors (Lipinski definition) is 4. The molecule has 4 aromatic rings. The Morgan fingerprint density at radius 2 is 1.72 bits per heavy atom. The minimum Gasteiger partial charge on any atom is -0.328 e. The van der Waals surface area contributed by atoms with Gasteiger partial charge in [0, 0.05) is 18.0 Å². The highest BCUT2D eigenvalue weighted by Gasteiger charge is 2.24. The van der Waals surface area contributed by atoms with E-state index in [0.717, 1.165) is 22.5 Å². The smallest absolute Gasteiger partial charge is 0.264 e. The van der Waals surface area contributed by atoms with Crippen molar-refractivity contribution in [3.63, 3.8) is 0 Å². The Bertz CT molecular complexity index is 1320. The molecule has 2 heterocycles. The summed E-state index contributed by atoms with van der Waals surface area (Å²) in [6.45, 7) is 8.69. The molecular formula is C29H32N4O2S. The van der Waals surface area contributed by atoms with E-state index >= 15 is 0 Å². The number of hydrogen-bond donors (Lipinski definition) is 1. The fourth-order valence-electron chi connectivity index (χ4n) is 3.89. The third kappa shape index (κ3) is 6.10. The van der Waals surface area contributed by atoms with E-state index in [9.17, 15) is 9.59 Å². The van der Waals surface area contributed by atoms with E-state index in [1.54, 1.807) is 15.6 Å². The average Bonchev–Trinajstić information content (AvgIpc) is 3.53. The highest BCUT2D eigenvalue weighted by atomic mass is 32.1. The topological polar surface area (TPSA) is 67.2 Å². The molecule has 0 atom stereocenters. The van der Waals surface area contributed by atoms with Crippen LogP contribution in [0.3, 0.4) is 0 Å². The van der Waals surface area contributed by atoms with Crippen molar-refractivity contribution in [2.24, 2.45) is 0 Å². The lowest BCUT2D eigenvalue weighted by molar-refractivity contribution is -0.116. The number of benzene rings is 2. The highest BCUT2D eigenvalue weighted by molar-refractivity contribution is 7.12. The van der Waals surface area contributed by atoms with Crippen molar-refractivity contribution in [1.29, 1.82) is 0 Å². The van der Waals surface area contributed by atoms with Gasteiger partial charge in [-0.3, -0.25) is 9.59 Å². The van der Waals surface area contributed by atoms with Crippen LogP contribution in [0.4, 0.5) is 5.82 Å². The molecule has 2 aromatic carbocycles. The first-order chi connectivity index (χ1) is 17.2. The van der Waals surface area contributed by atoms with Crippen LogP contribution in [0.25, 0.3) is 5.69 Å². The highest BCUT2D eigenvalue weighted by Crippen LogP contribution is 2.27. The predicted octanol–water partition coefficient (Wildman–Crippen LogP) is 5.86. The van der Waals surface area contributed by atoms with Crippen LogP contribution in [0.2, 0.25) is 0 Å². The van der Waals surface area contributed by atoms with Crippen LogP contribution < -0.4 is 5.32 Å². The Labute approximate surface area is 216 Å². The largest absolute Gasteiger partial charge is 0.328 e. The SMILES string of the molecule is Cc1ccccc1-n1nc(C(C)(C)C)cc1NC(=O)CN(CCc1ccccc1)C(=O)c1cccs1. The van der Waals surface area contributed by atoms with E-state index in [4.69, 9.17) is 5.10 Å². The second-order valence-corrected chi connectivity index (χ2v) is 10.8. The lowest BCUT2D eigenvalue weighted by Crippen LogP contribution is -2.39. The number of carbonyl (C=O) groups is 2. The lowest BCUT2D eigenvalue weighted by Gasteiger charge is -2.22. The van der Waals surface area contributed by atoms with Crippen LogP contribution in [0, 0.1) is 6.92 Å². The number of aromatic nitrogens is 2. The molecule has 7 heteroatoms. The molecule has 0 aliphatic heterocycles. The van der Waals surface area contributed by atoms with Gasteiger partial charge in [0.15, 0.2) is 0 Å². The minimum atomic E-state index is -0.261. The molecule has 1 N–H and O–H groups in total. The first kappa shape index (κ1) is 25.4. The summed E-state index contributed by atoms with van der Waals surface area (Å²) in [7, 11) is 0. The van der Waals surface area contributed by atoms with Gasteiger partial charge in [-0.25, -0.2) is 4.68 Å². The van der Waals surface area contributed by atoms with Crippen LogP contribution in [-0.2, 0) is 16.6 Å². The maximum atomic E-state index is 13.3. The Balaban J connectivity index is 1.57. The van der Waals surface area contributed by atoms with E-state index < -0.39 is 0 Å². The molecular weight excluding hydrogens is 468 g/mol. The predicted molar refractivity (Wildman–Crippen MR) is 146 cm³/mol. The molecule has 0 saturated heterocycles. The fourth-order valence-corrected chi connectivity index (χ4v) is 4.59. The van der Waals surface area contributed by atoms with Gasteiger partial charge in [-0.15, -0.1) is 11.3 Å². The van der Waals surface area contributed by atoms with Crippen molar-refractivity contribution < 1.29 is 9.59 Å². The zero-order chi connectivity index (χ0) is 25.7. The number of nitrogens with one attached hydrogen (secondary N) is 1. The average molecular weight is 501 g/mol. The molecule has 0 aliphatic rings. The maximum absolute atomic E-state index is 13.3. The van der Waals surface area contributed by atoms with Crippen molar-refractivity contribution in [2.45, 2.75) is 39.5 Å². The summed E-state index contributed by atoms with van der Waals surface area (Å²) in [5.74, 6) is 0.188. The molecule has 4 rings (SSSR count). The van der Waals surface area contributed by atoms with Gasteiger partial charge in [-0.2, -0.15) is 5.10 Å². The first-order valence-electron chi connectivity index (χ1n) is 12.1. The molecule has 0 fully saturated rings. The standard InChI is InChI=1S/C29H32N4O2S/c1-21-11-8-9-14-23(21)33-26(19-25(31-33)29(2,3)4)30-27(34)20-32(28(35)24-15-10-18-36-24)17-16-22-12-6-5-7-13-22/h5-15,18-19H,16-17,20H2,1-4H3,(H,30,34). The van der Waals surface area contributed by atoms with Crippen LogP contribution in [0.1, 0.15) is 47.3 Å². The van der Waals surface area contributed by atoms with Crippen LogP contribution >= 0.6 is 11.3 Å². The van der Waals surface area contributed by atoms with E-state index in [1.807, 2.05) is 79.0 Å². The number of anilines is 1. The molecule has 6 nitrogen and oxygen atoms in total. The fraction of sp³-hybridized carbons (Fsp3) is 0.276. The van der Waals surface area contributed by atoms with Gasteiger partial charge in [0.25, 0.3) is 5.91 Å². The summed E-state index contributed by atoms with van der Waals surface area (Å²) >= 11 is 1.38. The van der Waals surface area contributed by atoms with E-state index in [1.165, 1.54) is 11.3 Å². The molecule has 0 unspecified atom stereocenters. The summed E-state index contributed by atoms with van der Waals surface area (Å²) in [4.78, 5) is 28.8. The van der Waals surface area contributed by atoms with Crippen LogP contribution in [0.15, 0.2) is 78.2 Å². The molecule has 2 amide bonds. The third-order valence-corrected chi connectivity index (χ3v) is 6.81. The Kier molecular flexibility index (Phi) is 7.70. The van der Waals surface area contributed by atoms with E-state index in [-0.39, 0.29) is 23.8 Å². The van der Waals surface area contributed by atoms with Crippen molar-refractivity contribution in [1.82, 2.24) is 14.7 Å².